The van der Waals surface area contributed by atoms with Crippen molar-refractivity contribution in [2.45, 2.75) is 58.2 Å². The molecule has 1 aliphatic rings. The smallest absolute Gasteiger partial charge is 0.266 e. The number of likely N-dealkylation sites (tertiary alicyclic amines) is 1. The fourth-order valence-corrected chi connectivity index (χ4v) is 2.93. The molecule has 23 heavy (non-hydrogen) atoms. The molecule has 0 aliphatic carbocycles. The third-order valence-corrected chi connectivity index (χ3v) is 4.27. The molecule has 0 amide bonds. The van der Waals surface area contributed by atoms with Crippen molar-refractivity contribution >= 4 is 0 Å². The summed E-state index contributed by atoms with van der Waals surface area (Å²) >= 11 is 0. The molecular weight excluding hydrogens is 294 g/mol. The highest BCUT2D eigenvalue weighted by Crippen LogP contribution is 2.21. The maximum atomic E-state index is 12.2. The summed E-state index contributed by atoms with van der Waals surface area (Å²) in [5.41, 5.74) is 0.805. The molecule has 7 heteroatoms. The lowest BCUT2D eigenvalue weighted by molar-refractivity contribution is 0.208. The summed E-state index contributed by atoms with van der Waals surface area (Å²) in [7, 11) is 0. The molecule has 1 fully saturated rings. The molecule has 1 aliphatic heterocycles. The molecule has 0 N–H and O–H groups in total. The third-order valence-electron chi connectivity index (χ3n) is 4.27. The molecule has 1 saturated heterocycles. The van der Waals surface area contributed by atoms with Gasteiger partial charge < -0.3 is 4.52 Å². The SMILES string of the molecule is CC(C)(C)c1ccc(=O)n(CC2CCCN2Cc2ncon2)n1. The summed E-state index contributed by atoms with van der Waals surface area (Å²) in [5, 5.41) is 8.44. The zero-order valence-electron chi connectivity index (χ0n) is 13.9. The Bertz CT molecular complexity index is 702. The zero-order chi connectivity index (χ0) is 16.4. The van der Waals surface area contributed by atoms with Crippen molar-refractivity contribution in [1.29, 1.82) is 0 Å². The molecule has 2 aromatic heterocycles. The summed E-state index contributed by atoms with van der Waals surface area (Å²) in [6.07, 6.45) is 3.50. The minimum Gasteiger partial charge on any atom is -0.343 e. The number of rotatable bonds is 4. The summed E-state index contributed by atoms with van der Waals surface area (Å²) in [4.78, 5) is 18.5. The molecule has 3 rings (SSSR count). The molecule has 2 aromatic rings. The highest BCUT2D eigenvalue weighted by molar-refractivity contribution is 5.10. The molecule has 0 aromatic carbocycles. The zero-order valence-corrected chi connectivity index (χ0v) is 13.9. The molecule has 1 unspecified atom stereocenters. The van der Waals surface area contributed by atoms with Crippen molar-refractivity contribution in [2.24, 2.45) is 0 Å². The maximum absolute atomic E-state index is 12.2. The van der Waals surface area contributed by atoms with Crippen molar-refractivity contribution in [1.82, 2.24) is 24.8 Å². The van der Waals surface area contributed by atoms with Crippen LogP contribution in [0.1, 0.15) is 45.1 Å². The third kappa shape index (κ3) is 3.67. The lowest BCUT2D eigenvalue weighted by atomic mass is 9.92. The molecule has 124 valence electrons. The highest BCUT2D eigenvalue weighted by atomic mass is 16.5. The van der Waals surface area contributed by atoms with Gasteiger partial charge in [0.2, 0.25) is 6.39 Å². The van der Waals surface area contributed by atoms with E-state index in [4.69, 9.17) is 4.52 Å². The Labute approximate surface area is 135 Å². The van der Waals surface area contributed by atoms with Gasteiger partial charge in [-0.25, -0.2) is 4.68 Å². The maximum Gasteiger partial charge on any atom is 0.266 e. The van der Waals surface area contributed by atoms with E-state index >= 15 is 0 Å². The second-order valence-electron chi connectivity index (χ2n) is 7.10. The first-order valence-corrected chi connectivity index (χ1v) is 8.01. The Kier molecular flexibility index (Phi) is 4.30. The van der Waals surface area contributed by atoms with E-state index in [1.54, 1.807) is 10.7 Å². The van der Waals surface area contributed by atoms with Crippen LogP contribution in [-0.2, 0) is 18.5 Å². The number of aromatic nitrogens is 4. The number of hydrogen-bond donors (Lipinski definition) is 0. The molecule has 0 radical (unpaired) electrons. The van der Waals surface area contributed by atoms with E-state index in [1.165, 1.54) is 6.39 Å². The minimum atomic E-state index is -0.0740. The van der Waals surface area contributed by atoms with Crippen molar-refractivity contribution in [3.05, 3.63) is 40.4 Å². The first-order chi connectivity index (χ1) is 10.9. The largest absolute Gasteiger partial charge is 0.343 e. The van der Waals surface area contributed by atoms with Gasteiger partial charge in [-0.05, 0) is 25.5 Å². The molecule has 0 bridgehead atoms. The van der Waals surface area contributed by atoms with Gasteiger partial charge in [0.05, 0.1) is 18.8 Å². The molecule has 3 heterocycles. The van der Waals surface area contributed by atoms with Gasteiger partial charge in [-0.15, -0.1) is 0 Å². The molecule has 0 saturated carbocycles. The van der Waals surface area contributed by atoms with Gasteiger partial charge in [-0.1, -0.05) is 25.9 Å². The van der Waals surface area contributed by atoms with Gasteiger partial charge in [0.1, 0.15) is 0 Å². The minimum absolute atomic E-state index is 0.0515. The van der Waals surface area contributed by atoms with Crippen LogP contribution >= 0.6 is 0 Å². The molecule has 0 spiro atoms. The average Bonchev–Trinajstić information content (AvgIpc) is 3.13. The predicted molar refractivity (Wildman–Crippen MR) is 84.9 cm³/mol. The van der Waals surface area contributed by atoms with Crippen LogP contribution in [0.3, 0.4) is 0 Å². The predicted octanol–water partition coefficient (Wildman–Crippen LogP) is 1.59. The summed E-state index contributed by atoms with van der Waals surface area (Å²) in [6, 6.07) is 3.71. The van der Waals surface area contributed by atoms with E-state index in [0.29, 0.717) is 18.9 Å². The molecular formula is C16H23N5O2. The van der Waals surface area contributed by atoms with Crippen molar-refractivity contribution in [3.63, 3.8) is 0 Å². The Morgan fingerprint density at radius 3 is 2.87 bits per heavy atom. The van der Waals surface area contributed by atoms with Gasteiger partial charge in [-0.3, -0.25) is 9.69 Å². The highest BCUT2D eigenvalue weighted by Gasteiger charge is 2.27. The average molecular weight is 317 g/mol. The second-order valence-corrected chi connectivity index (χ2v) is 7.10. The van der Waals surface area contributed by atoms with Crippen LogP contribution in [0.25, 0.3) is 0 Å². The first-order valence-electron chi connectivity index (χ1n) is 8.01. The quantitative estimate of drug-likeness (QED) is 0.852. The Morgan fingerprint density at radius 1 is 1.35 bits per heavy atom. The lowest BCUT2D eigenvalue weighted by Gasteiger charge is -2.24. The van der Waals surface area contributed by atoms with E-state index in [-0.39, 0.29) is 17.0 Å². The van der Waals surface area contributed by atoms with Crippen LogP contribution in [0.2, 0.25) is 0 Å². The van der Waals surface area contributed by atoms with Gasteiger partial charge >= 0.3 is 0 Å². The summed E-state index contributed by atoms with van der Waals surface area (Å²) in [5.74, 6) is 0.681. The monoisotopic (exact) mass is 317 g/mol. The van der Waals surface area contributed by atoms with E-state index in [2.05, 4.69) is 40.9 Å². The van der Waals surface area contributed by atoms with Crippen LogP contribution in [0.5, 0.6) is 0 Å². The Hall–Kier alpha value is -2.02. The van der Waals surface area contributed by atoms with Gasteiger partial charge in [0.15, 0.2) is 5.82 Å². The van der Waals surface area contributed by atoms with Gasteiger partial charge in [0, 0.05) is 17.5 Å². The van der Waals surface area contributed by atoms with Gasteiger partial charge in [-0.2, -0.15) is 10.1 Å². The topological polar surface area (TPSA) is 77.0 Å². The van der Waals surface area contributed by atoms with Crippen LogP contribution in [0.15, 0.2) is 27.8 Å². The van der Waals surface area contributed by atoms with Crippen LogP contribution in [0, 0.1) is 0 Å². The van der Waals surface area contributed by atoms with Gasteiger partial charge in [0.25, 0.3) is 5.56 Å². The Balaban J connectivity index is 1.76. The fourth-order valence-electron chi connectivity index (χ4n) is 2.93. The summed E-state index contributed by atoms with van der Waals surface area (Å²) < 4.78 is 6.39. The van der Waals surface area contributed by atoms with Crippen molar-refractivity contribution in [3.8, 4) is 0 Å². The van der Waals surface area contributed by atoms with Crippen LogP contribution in [-0.4, -0.2) is 37.4 Å². The number of nitrogens with zero attached hydrogens (tertiary/aromatic N) is 5. The normalized spacial score (nSPS) is 19.3. The van der Waals surface area contributed by atoms with E-state index in [1.807, 2.05) is 6.07 Å². The first kappa shape index (κ1) is 15.9. The molecule has 7 nitrogen and oxygen atoms in total. The van der Waals surface area contributed by atoms with Crippen molar-refractivity contribution < 1.29 is 4.52 Å². The van der Waals surface area contributed by atoms with Crippen LogP contribution in [0.4, 0.5) is 0 Å². The fraction of sp³-hybridized carbons (Fsp3) is 0.625. The van der Waals surface area contributed by atoms with E-state index in [9.17, 15) is 4.79 Å². The molecule has 1 atom stereocenters. The summed E-state index contributed by atoms with van der Waals surface area (Å²) in [6.45, 7) is 8.52. The van der Waals surface area contributed by atoms with E-state index in [0.717, 1.165) is 25.1 Å². The van der Waals surface area contributed by atoms with Crippen molar-refractivity contribution in [2.75, 3.05) is 6.54 Å². The van der Waals surface area contributed by atoms with E-state index < -0.39 is 0 Å². The number of hydrogen-bond acceptors (Lipinski definition) is 6. The Morgan fingerprint density at radius 2 is 2.17 bits per heavy atom. The lowest BCUT2D eigenvalue weighted by Crippen LogP contribution is -2.37. The standard InChI is InChI=1S/C16H23N5O2/c1-16(2,3)13-6-7-15(22)21(18-13)9-12-5-4-8-20(12)10-14-17-11-23-19-14/h6-7,11-12H,4-5,8-10H2,1-3H3. The second kappa shape index (κ2) is 6.23. The van der Waals surface area contributed by atoms with Crippen LogP contribution < -0.4 is 5.56 Å².